The number of rotatable bonds is 5. The van der Waals surface area contributed by atoms with E-state index in [9.17, 15) is 4.79 Å². The average Bonchev–Trinajstić information content (AvgIpc) is 2.93. The molecule has 124 valence electrons. The Bertz CT molecular complexity index is 937. The molecule has 6 heteroatoms. The van der Waals surface area contributed by atoms with E-state index in [2.05, 4.69) is 26.7 Å². The summed E-state index contributed by atoms with van der Waals surface area (Å²) in [6.07, 6.45) is 5.82. The van der Waals surface area contributed by atoms with Crippen LogP contribution in [0.25, 0.3) is 10.2 Å². The Hall–Kier alpha value is -1.50. The summed E-state index contributed by atoms with van der Waals surface area (Å²) in [6, 6.07) is 2.82. The predicted octanol–water partition coefficient (Wildman–Crippen LogP) is 3.70. The van der Waals surface area contributed by atoms with E-state index in [0.717, 1.165) is 42.0 Å². The van der Waals surface area contributed by atoms with Gasteiger partial charge in [-0.15, -0.1) is 11.3 Å². The van der Waals surface area contributed by atoms with Gasteiger partial charge in [-0.3, -0.25) is 9.69 Å². The van der Waals surface area contributed by atoms with Crippen LogP contribution in [0.15, 0.2) is 21.6 Å². The molecule has 0 atom stereocenters. The number of nitrogens with one attached hydrogen (secondary N) is 1. The molecule has 3 aromatic rings. The van der Waals surface area contributed by atoms with Gasteiger partial charge in [-0.1, -0.05) is 0 Å². The number of aryl methyl sites for hydroxylation is 2. The molecule has 5 rings (SSSR count). The molecule has 4 nitrogen and oxygen atoms in total. The number of thiophene rings is 2. The molecule has 1 saturated carbocycles. The summed E-state index contributed by atoms with van der Waals surface area (Å²) in [6.45, 7) is 1.67. The average molecular weight is 358 g/mol. The van der Waals surface area contributed by atoms with E-state index < -0.39 is 0 Å². The molecule has 24 heavy (non-hydrogen) atoms. The number of nitrogens with zero attached hydrogens (tertiary/aromatic N) is 2. The molecule has 2 aliphatic rings. The Labute approximate surface area is 148 Å². The third kappa shape index (κ3) is 2.62. The zero-order valence-corrected chi connectivity index (χ0v) is 15.0. The van der Waals surface area contributed by atoms with Crippen molar-refractivity contribution in [1.82, 2.24) is 14.9 Å². The summed E-state index contributed by atoms with van der Waals surface area (Å²) in [5.41, 5.74) is 2.67. The smallest absolute Gasteiger partial charge is 0.259 e. The van der Waals surface area contributed by atoms with Gasteiger partial charge >= 0.3 is 0 Å². The van der Waals surface area contributed by atoms with Gasteiger partial charge in [0.2, 0.25) is 0 Å². The third-order valence-corrected chi connectivity index (χ3v) is 6.92. The number of aromatic nitrogens is 2. The number of hydrogen-bond acceptors (Lipinski definition) is 5. The van der Waals surface area contributed by atoms with Crippen molar-refractivity contribution in [2.24, 2.45) is 0 Å². The van der Waals surface area contributed by atoms with E-state index in [0.29, 0.717) is 6.04 Å². The van der Waals surface area contributed by atoms with Crippen LogP contribution in [-0.4, -0.2) is 20.9 Å². The lowest BCUT2D eigenvalue weighted by atomic mass is 10.2. The molecule has 0 aromatic carbocycles. The highest BCUT2D eigenvalue weighted by atomic mass is 32.1. The lowest BCUT2D eigenvalue weighted by Gasteiger charge is -2.20. The first-order valence-electron chi connectivity index (χ1n) is 8.56. The second-order valence-electron chi connectivity index (χ2n) is 6.82. The minimum absolute atomic E-state index is 0.0562. The van der Waals surface area contributed by atoms with Crippen LogP contribution in [0.2, 0.25) is 0 Å². The maximum absolute atomic E-state index is 12.6. The minimum atomic E-state index is 0.0562. The topological polar surface area (TPSA) is 49.0 Å². The van der Waals surface area contributed by atoms with Crippen molar-refractivity contribution in [3.8, 4) is 0 Å². The fraction of sp³-hybridized carbons (Fsp3) is 0.444. The number of hydrogen-bond donors (Lipinski definition) is 1. The largest absolute Gasteiger partial charge is 0.309 e. The summed E-state index contributed by atoms with van der Waals surface area (Å²) >= 11 is 3.46. The zero-order valence-electron chi connectivity index (χ0n) is 13.4. The summed E-state index contributed by atoms with van der Waals surface area (Å²) < 4.78 is 0. The maximum Gasteiger partial charge on any atom is 0.259 e. The molecular formula is C18H19N3OS2. The molecule has 0 unspecified atom stereocenters. The molecule has 3 aromatic heterocycles. The van der Waals surface area contributed by atoms with Gasteiger partial charge in [0.15, 0.2) is 0 Å². The standard InChI is InChI=1S/C18H19N3OS2/c22-17-16-13-2-1-3-14(13)24-18(16)20-15(19-17)9-21(12-4-5-12)8-11-6-7-23-10-11/h6-7,10,12H,1-5,8-9H2,(H,19,20,22). The van der Waals surface area contributed by atoms with Gasteiger partial charge < -0.3 is 4.98 Å². The van der Waals surface area contributed by atoms with E-state index in [-0.39, 0.29) is 5.56 Å². The maximum atomic E-state index is 12.6. The highest BCUT2D eigenvalue weighted by molar-refractivity contribution is 7.18. The molecule has 0 aliphatic heterocycles. The number of fused-ring (bicyclic) bond motifs is 3. The van der Waals surface area contributed by atoms with Crippen LogP contribution < -0.4 is 5.56 Å². The van der Waals surface area contributed by atoms with Crippen molar-refractivity contribution in [1.29, 1.82) is 0 Å². The molecule has 0 bridgehead atoms. The highest BCUT2D eigenvalue weighted by Gasteiger charge is 2.30. The van der Waals surface area contributed by atoms with Crippen molar-refractivity contribution in [2.45, 2.75) is 51.2 Å². The van der Waals surface area contributed by atoms with Crippen LogP contribution in [0, 0.1) is 0 Å². The van der Waals surface area contributed by atoms with Crippen LogP contribution in [0.5, 0.6) is 0 Å². The second-order valence-corrected chi connectivity index (χ2v) is 8.68. The molecule has 0 radical (unpaired) electrons. The first-order chi connectivity index (χ1) is 11.8. The fourth-order valence-corrected chi connectivity index (χ4v) is 5.63. The zero-order chi connectivity index (χ0) is 16.1. The van der Waals surface area contributed by atoms with Crippen LogP contribution >= 0.6 is 22.7 Å². The molecule has 0 amide bonds. The summed E-state index contributed by atoms with van der Waals surface area (Å²) in [5.74, 6) is 0.814. The molecular weight excluding hydrogens is 338 g/mol. The molecule has 0 spiro atoms. The molecule has 2 aliphatic carbocycles. The van der Waals surface area contributed by atoms with Crippen molar-refractivity contribution in [2.75, 3.05) is 0 Å². The predicted molar refractivity (Wildman–Crippen MR) is 98.9 cm³/mol. The van der Waals surface area contributed by atoms with Gasteiger partial charge in [-0.25, -0.2) is 4.98 Å². The van der Waals surface area contributed by atoms with E-state index in [1.807, 2.05) is 0 Å². The number of H-pyrrole nitrogens is 1. The van der Waals surface area contributed by atoms with E-state index in [1.54, 1.807) is 22.7 Å². The molecule has 0 saturated heterocycles. The van der Waals surface area contributed by atoms with E-state index >= 15 is 0 Å². The van der Waals surface area contributed by atoms with Crippen LogP contribution in [0.1, 0.15) is 41.1 Å². The summed E-state index contributed by atoms with van der Waals surface area (Å²) in [5, 5.41) is 5.19. The minimum Gasteiger partial charge on any atom is -0.309 e. The highest BCUT2D eigenvalue weighted by Crippen LogP contribution is 2.35. The van der Waals surface area contributed by atoms with Crippen molar-refractivity contribution < 1.29 is 0 Å². The lowest BCUT2D eigenvalue weighted by Crippen LogP contribution is -2.27. The van der Waals surface area contributed by atoms with E-state index in [4.69, 9.17) is 4.98 Å². The number of aromatic amines is 1. The summed E-state index contributed by atoms with van der Waals surface area (Å²) in [7, 11) is 0. The third-order valence-electron chi connectivity index (χ3n) is 5.01. The molecule has 1 fully saturated rings. The Kier molecular flexibility index (Phi) is 3.57. The SMILES string of the molecule is O=c1[nH]c(CN(Cc2ccsc2)C2CC2)nc2sc3c(c12)CCC3. The first kappa shape index (κ1) is 14.8. The van der Waals surface area contributed by atoms with Gasteiger partial charge in [-0.2, -0.15) is 11.3 Å². The van der Waals surface area contributed by atoms with Gasteiger partial charge in [0.05, 0.1) is 11.9 Å². The Balaban J connectivity index is 1.46. The Morgan fingerprint density at radius 2 is 2.21 bits per heavy atom. The Morgan fingerprint density at radius 1 is 1.29 bits per heavy atom. The van der Waals surface area contributed by atoms with Crippen molar-refractivity contribution in [3.63, 3.8) is 0 Å². The van der Waals surface area contributed by atoms with E-state index in [1.165, 1.54) is 35.3 Å². The van der Waals surface area contributed by atoms with Crippen molar-refractivity contribution >= 4 is 32.9 Å². The Morgan fingerprint density at radius 3 is 3.00 bits per heavy atom. The molecule has 1 N–H and O–H groups in total. The second kappa shape index (κ2) is 5.79. The van der Waals surface area contributed by atoms with Crippen molar-refractivity contribution in [3.05, 3.63) is 49.0 Å². The van der Waals surface area contributed by atoms with Gasteiger partial charge in [-0.05, 0) is 60.1 Å². The normalized spacial score (nSPS) is 17.0. The molecule has 3 heterocycles. The van der Waals surface area contributed by atoms with Gasteiger partial charge in [0.25, 0.3) is 5.56 Å². The van der Waals surface area contributed by atoms with Gasteiger partial charge in [0.1, 0.15) is 10.7 Å². The van der Waals surface area contributed by atoms with Crippen LogP contribution in [0.3, 0.4) is 0 Å². The monoisotopic (exact) mass is 357 g/mol. The van der Waals surface area contributed by atoms with Crippen LogP contribution in [0.4, 0.5) is 0 Å². The fourth-order valence-electron chi connectivity index (χ4n) is 3.69. The van der Waals surface area contributed by atoms with Crippen LogP contribution in [-0.2, 0) is 25.9 Å². The lowest BCUT2D eigenvalue weighted by molar-refractivity contribution is 0.240. The summed E-state index contributed by atoms with van der Waals surface area (Å²) in [4.78, 5) is 25.2. The first-order valence-corrected chi connectivity index (χ1v) is 10.3. The quantitative estimate of drug-likeness (QED) is 0.757. The van der Waals surface area contributed by atoms with Gasteiger partial charge in [0, 0.05) is 17.5 Å².